The topological polar surface area (TPSA) is 99.0 Å². The van der Waals surface area contributed by atoms with Crippen molar-refractivity contribution >= 4 is 5.91 Å². The molecule has 3 N–H and O–H groups in total. The highest BCUT2D eigenvalue weighted by atomic mass is 16.3. The van der Waals surface area contributed by atoms with Gasteiger partial charge in [-0.2, -0.15) is 0 Å². The van der Waals surface area contributed by atoms with Crippen LogP contribution in [-0.2, 0) is 24.3 Å². The van der Waals surface area contributed by atoms with E-state index in [2.05, 4.69) is 15.6 Å². The van der Waals surface area contributed by atoms with Crippen LogP contribution in [-0.4, -0.2) is 27.4 Å². The van der Waals surface area contributed by atoms with E-state index >= 15 is 0 Å². The molecule has 0 unspecified atom stereocenters. The number of hydrogen-bond acceptors (Lipinski definition) is 5. The van der Waals surface area contributed by atoms with E-state index in [4.69, 9.17) is 10.2 Å². The van der Waals surface area contributed by atoms with Crippen LogP contribution in [0.3, 0.4) is 0 Å². The average Bonchev–Trinajstić information content (AvgIpc) is 2.99. The van der Waals surface area contributed by atoms with Crippen LogP contribution in [0.1, 0.15) is 11.5 Å². The zero-order valence-electron chi connectivity index (χ0n) is 9.87. The molecule has 0 aliphatic heterocycles. The first-order chi connectivity index (χ1) is 8.78. The lowest BCUT2D eigenvalue weighted by atomic mass is 10.3. The molecule has 18 heavy (non-hydrogen) atoms. The molecular weight excluding hydrogens is 234 g/mol. The summed E-state index contributed by atoms with van der Waals surface area (Å²) in [6.45, 7) is 1.03. The summed E-state index contributed by atoms with van der Waals surface area (Å²) >= 11 is 0. The second-order valence-corrected chi connectivity index (χ2v) is 3.80. The number of hydrogen-bond donors (Lipinski definition) is 2. The lowest BCUT2D eigenvalue weighted by Gasteiger charge is -2.02. The second kappa shape index (κ2) is 5.97. The fourth-order valence-electron chi connectivity index (χ4n) is 1.48. The number of carbonyl (C=O) groups excluding carboxylic acids is 1. The third-order valence-electron chi connectivity index (χ3n) is 2.33. The lowest BCUT2D eigenvalue weighted by molar-refractivity contribution is -0.122. The number of carbonyl (C=O) groups is 1. The minimum Gasteiger partial charge on any atom is -0.467 e. The molecular formula is C11H15N5O2. The smallest absolute Gasteiger partial charge is 0.242 e. The first kappa shape index (κ1) is 12.3. The maximum Gasteiger partial charge on any atom is 0.242 e. The summed E-state index contributed by atoms with van der Waals surface area (Å²) < 4.78 is 6.60. The van der Waals surface area contributed by atoms with E-state index in [1.165, 1.54) is 4.68 Å². The summed E-state index contributed by atoms with van der Waals surface area (Å²) in [6, 6.07) is 3.58. The average molecular weight is 249 g/mol. The summed E-state index contributed by atoms with van der Waals surface area (Å²) in [7, 11) is 0. The van der Waals surface area contributed by atoms with Crippen LogP contribution in [0.5, 0.6) is 0 Å². The van der Waals surface area contributed by atoms with Gasteiger partial charge in [-0.15, -0.1) is 5.10 Å². The van der Waals surface area contributed by atoms with E-state index in [9.17, 15) is 4.79 Å². The normalized spacial score (nSPS) is 10.5. The molecule has 0 bridgehead atoms. The standard InChI is InChI=1S/C11H15N5O2/c12-4-3-9-7-16(15-14-9)8-11(17)13-6-10-2-1-5-18-10/h1-2,5,7H,3-4,6,8,12H2,(H,13,17). The van der Waals surface area contributed by atoms with Crippen LogP contribution in [0, 0.1) is 0 Å². The second-order valence-electron chi connectivity index (χ2n) is 3.80. The predicted octanol–water partition coefficient (Wildman–Crippen LogP) is -0.311. The largest absolute Gasteiger partial charge is 0.467 e. The highest BCUT2D eigenvalue weighted by molar-refractivity contribution is 5.75. The molecule has 0 radical (unpaired) electrons. The first-order valence-electron chi connectivity index (χ1n) is 5.66. The number of furan rings is 1. The van der Waals surface area contributed by atoms with E-state index < -0.39 is 0 Å². The van der Waals surface area contributed by atoms with Crippen LogP contribution in [0.2, 0.25) is 0 Å². The third-order valence-corrected chi connectivity index (χ3v) is 2.33. The van der Waals surface area contributed by atoms with Gasteiger partial charge in [0.05, 0.1) is 18.5 Å². The molecule has 1 amide bonds. The van der Waals surface area contributed by atoms with Crippen molar-refractivity contribution in [2.45, 2.75) is 19.5 Å². The Morgan fingerprint density at radius 3 is 3.17 bits per heavy atom. The predicted molar refractivity (Wildman–Crippen MR) is 63.3 cm³/mol. The Hall–Kier alpha value is -2.15. The maximum atomic E-state index is 11.6. The van der Waals surface area contributed by atoms with Gasteiger partial charge in [-0.05, 0) is 18.7 Å². The molecule has 0 saturated heterocycles. The van der Waals surface area contributed by atoms with E-state index in [1.54, 1.807) is 24.6 Å². The molecule has 0 aliphatic carbocycles. The number of rotatable bonds is 6. The zero-order valence-corrected chi connectivity index (χ0v) is 9.87. The van der Waals surface area contributed by atoms with Crippen LogP contribution >= 0.6 is 0 Å². The van der Waals surface area contributed by atoms with Gasteiger partial charge in [-0.1, -0.05) is 5.21 Å². The summed E-state index contributed by atoms with van der Waals surface area (Å²) in [4.78, 5) is 11.6. The SMILES string of the molecule is NCCc1cn(CC(=O)NCc2ccco2)nn1. The zero-order chi connectivity index (χ0) is 12.8. The summed E-state index contributed by atoms with van der Waals surface area (Å²) in [5.41, 5.74) is 6.19. The van der Waals surface area contributed by atoms with Crippen LogP contribution in [0.25, 0.3) is 0 Å². The van der Waals surface area contributed by atoms with E-state index in [1.807, 2.05) is 0 Å². The summed E-state index contributed by atoms with van der Waals surface area (Å²) in [6.07, 6.45) is 3.95. The van der Waals surface area contributed by atoms with Crippen LogP contribution in [0.15, 0.2) is 29.0 Å². The number of amides is 1. The van der Waals surface area contributed by atoms with Crippen molar-refractivity contribution in [1.82, 2.24) is 20.3 Å². The fraction of sp³-hybridized carbons (Fsp3) is 0.364. The minimum absolute atomic E-state index is 0.137. The van der Waals surface area contributed by atoms with Crippen molar-refractivity contribution in [3.05, 3.63) is 36.0 Å². The van der Waals surface area contributed by atoms with E-state index in [0.717, 1.165) is 5.69 Å². The van der Waals surface area contributed by atoms with Crippen molar-refractivity contribution in [1.29, 1.82) is 0 Å². The highest BCUT2D eigenvalue weighted by Crippen LogP contribution is 1.98. The molecule has 0 spiro atoms. The van der Waals surface area contributed by atoms with Gasteiger partial charge in [0, 0.05) is 12.6 Å². The molecule has 2 aromatic heterocycles. The quantitative estimate of drug-likeness (QED) is 0.731. The number of nitrogens with zero attached hydrogens (tertiary/aromatic N) is 3. The number of nitrogens with two attached hydrogens (primary N) is 1. The third kappa shape index (κ3) is 3.42. The molecule has 0 atom stereocenters. The van der Waals surface area contributed by atoms with Crippen molar-refractivity contribution in [2.24, 2.45) is 5.73 Å². The summed E-state index contributed by atoms with van der Waals surface area (Å²) in [5, 5.41) is 10.5. The lowest BCUT2D eigenvalue weighted by Crippen LogP contribution is -2.27. The van der Waals surface area contributed by atoms with Crippen LogP contribution in [0.4, 0.5) is 0 Å². The van der Waals surface area contributed by atoms with Gasteiger partial charge in [-0.25, -0.2) is 4.68 Å². The molecule has 0 saturated carbocycles. The first-order valence-corrected chi connectivity index (χ1v) is 5.66. The van der Waals surface area contributed by atoms with Gasteiger partial charge in [0.15, 0.2) is 0 Å². The van der Waals surface area contributed by atoms with E-state index in [-0.39, 0.29) is 12.5 Å². The Labute approximate surface area is 104 Å². The Bertz CT molecular complexity index is 491. The minimum atomic E-state index is -0.143. The van der Waals surface area contributed by atoms with Crippen molar-refractivity contribution < 1.29 is 9.21 Å². The van der Waals surface area contributed by atoms with Crippen LogP contribution < -0.4 is 11.1 Å². The molecule has 7 nitrogen and oxygen atoms in total. The molecule has 2 aromatic rings. The molecule has 2 heterocycles. The Kier molecular flexibility index (Phi) is 4.08. The maximum absolute atomic E-state index is 11.6. The van der Waals surface area contributed by atoms with Gasteiger partial charge in [0.1, 0.15) is 12.3 Å². The Morgan fingerprint density at radius 1 is 1.56 bits per heavy atom. The molecule has 7 heteroatoms. The fourth-order valence-corrected chi connectivity index (χ4v) is 1.48. The molecule has 0 fully saturated rings. The monoisotopic (exact) mass is 249 g/mol. The number of aromatic nitrogens is 3. The summed E-state index contributed by atoms with van der Waals surface area (Å²) in [5.74, 6) is 0.571. The molecule has 96 valence electrons. The van der Waals surface area contributed by atoms with Crippen molar-refractivity contribution in [3.8, 4) is 0 Å². The van der Waals surface area contributed by atoms with Crippen molar-refractivity contribution in [3.63, 3.8) is 0 Å². The van der Waals surface area contributed by atoms with E-state index in [0.29, 0.717) is 25.3 Å². The Morgan fingerprint density at radius 2 is 2.44 bits per heavy atom. The molecule has 2 rings (SSSR count). The molecule has 0 aliphatic rings. The van der Waals surface area contributed by atoms with Gasteiger partial charge in [0.2, 0.25) is 5.91 Å². The van der Waals surface area contributed by atoms with Gasteiger partial charge in [0.25, 0.3) is 0 Å². The van der Waals surface area contributed by atoms with Gasteiger partial charge in [-0.3, -0.25) is 4.79 Å². The highest BCUT2D eigenvalue weighted by Gasteiger charge is 2.06. The van der Waals surface area contributed by atoms with Gasteiger partial charge < -0.3 is 15.5 Å². The number of nitrogens with one attached hydrogen (secondary N) is 1. The molecule has 0 aromatic carbocycles. The van der Waals surface area contributed by atoms with Gasteiger partial charge >= 0.3 is 0 Å². The van der Waals surface area contributed by atoms with Crippen molar-refractivity contribution in [2.75, 3.05) is 6.54 Å². The Balaban J connectivity index is 1.79.